The molecule has 1 N–H and O–H groups in total. The smallest absolute Gasteiger partial charge is 0.145 e. The third kappa shape index (κ3) is 2.60. The lowest BCUT2D eigenvalue weighted by atomic mass is 10.1. The van der Waals surface area contributed by atoms with Gasteiger partial charge in [0.25, 0.3) is 0 Å². The van der Waals surface area contributed by atoms with Crippen molar-refractivity contribution < 1.29 is 4.39 Å². The fourth-order valence-electron chi connectivity index (χ4n) is 1.51. The third-order valence-electron chi connectivity index (χ3n) is 2.35. The molecule has 0 saturated carbocycles. The standard InChI is InChI=1S/C12H8BrCl2FN2/c1-17-12-9(15)5-8(14)11(18-12)7-4-6(13)2-3-10(7)16/h2-5H,1H3,(H,17,18). The Bertz CT molecular complexity index is 605. The summed E-state index contributed by atoms with van der Waals surface area (Å²) in [7, 11) is 1.68. The summed E-state index contributed by atoms with van der Waals surface area (Å²) in [5, 5.41) is 3.52. The fourth-order valence-corrected chi connectivity index (χ4v) is 2.43. The molecule has 0 atom stereocenters. The molecule has 0 saturated heterocycles. The molecule has 0 amide bonds. The highest BCUT2D eigenvalue weighted by molar-refractivity contribution is 9.10. The van der Waals surface area contributed by atoms with Gasteiger partial charge in [-0.1, -0.05) is 39.1 Å². The van der Waals surface area contributed by atoms with Crippen LogP contribution in [-0.4, -0.2) is 12.0 Å². The van der Waals surface area contributed by atoms with Crippen molar-refractivity contribution in [1.82, 2.24) is 4.98 Å². The number of pyridine rings is 1. The van der Waals surface area contributed by atoms with Crippen LogP contribution in [-0.2, 0) is 0 Å². The number of benzene rings is 1. The lowest BCUT2D eigenvalue weighted by Crippen LogP contribution is -1.97. The molecular formula is C12H8BrCl2FN2. The zero-order valence-corrected chi connectivity index (χ0v) is 12.4. The van der Waals surface area contributed by atoms with Crippen LogP contribution in [0.2, 0.25) is 10.0 Å². The monoisotopic (exact) mass is 348 g/mol. The highest BCUT2D eigenvalue weighted by Gasteiger charge is 2.14. The second-order valence-corrected chi connectivity index (χ2v) is 5.25. The van der Waals surface area contributed by atoms with Gasteiger partial charge in [-0.15, -0.1) is 0 Å². The van der Waals surface area contributed by atoms with Crippen LogP contribution < -0.4 is 5.32 Å². The van der Waals surface area contributed by atoms with Gasteiger partial charge >= 0.3 is 0 Å². The van der Waals surface area contributed by atoms with Gasteiger partial charge in [0.05, 0.1) is 15.7 Å². The van der Waals surface area contributed by atoms with Gasteiger partial charge in [-0.25, -0.2) is 9.37 Å². The second-order valence-electron chi connectivity index (χ2n) is 3.52. The molecule has 0 unspecified atom stereocenters. The predicted octanol–water partition coefficient (Wildman–Crippen LogP) is 5.00. The molecule has 2 nitrogen and oxygen atoms in total. The second kappa shape index (κ2) is 5.43. The van der Waals surface area contributed by atoms with Crippen LogP contribution in [0.15, 0.2) is 28.7 Å². The molecule has 6 heteroatoms. The molecule has 2 rings (SSSR count). The Morgan fingerprint density at radius 3 is 2.61 bits per heavy atom. The summed E-state index contributed by atoms with van der Waals surface area (Å²) in [5.41, 5.74) is 0.673. The average Bonchev–Trinajstić information content (AvgIpc) is 2.33. The van der Waals surface area contributed by atoms with E-state index in [0.717, 1.165) is 4.47 Å². The van der Waals surface area contributed by atoms with Crippen molar-refractivity contribution in [3.63, 3.8) is 0 Å². The zero-order valence-electron chi connectivity index (χ0n) is 9.27. The van der Waals surface area contributed by atoms with Gasteiger partial charge in [0.1, 0.15) is 11.6 Å². The van der Waals surface area contributed by atoms with Gasteiger partial charge < -0.3 is 5.32 Å². The number of halogens is 4. The van der Waals surface area contributed by atoms with E-state index >= 15 is 0 Å². The Kier molecular flexibility index (Phi) is 4.10. The Labute approximate surface area is 122 Å². The SMILES string of the molecule is CNc1nc(-c2cc(Br)ccc2F)c(Cl)cc1Cl. The maximum atomic E-state index is 13.8. The minimum Gasteiger partial charge on any atom is -0.372 e. The lowest BCUT2D eigenvalue weighted by Gasteiger charge is -2.09. The third-order valence-corrected chi connectivity index (χ3v) is 3.42. The first-order chi connectivity index (χ1) is 8.52. The van der Waals surface area contributed by atoms with E-state index in [4.69, 9.17) is 23.2 Å². The van der Waals surface area contributed by atoms with Crippen molar-refractivity contribution >= 4 is 44.9 Å². The van der Waals surface area contributed by atoms with Crippen LogP contribution in [0.3, 0.4) is 0 Å². The summed E-state index contributed by atoms with van der Waals surface area (Å²) in [4.78, 5) is 4.23. The number of hydrogen-bond acceptors (Lipinski definition) is 2. The van der Waals surface area contributed by atoms with E-state index in [2.05, 4.69) is 26.2 Å². The van der Waals surface area contributed by atoms with Crippen molar-refractivity contribution in [1.29, 1.82) is 0 Å². The van der Waals surface area contributed by atoms with Crippen molar-refractivity contribution in [3.8, 4) is 11.3 Å². The van der Waals surface area contributed by atoms with Crippen molar-refractivity contribution in [3.05, 3.63) is 44.6 Å². The summed E-state index contributed by atoms with van der Waals surface area (Å²) >= 11 is 15.3. The van der Waals surface area contributed by atoms with Gasteiger partial charge in [-0.05, 0) is 24.3 Å². The predicted molar refractivity (Wildman–Crippen MR) is 76.9 cm³/mol. The summed E-state index contributed by atoms with van der Waals surface area (Å²) in [6, 6.07) is 6.13. The van der Waals surface area contributed by atoms with E-state index in [1.54, 1.807) is 19.2 Å². The van der Waals surface area contributed by atoms with Gasteiger partial charge in [0.15, 0.2) is 0 Å². The maximum Gasteiger partial charge on any atom is 0.145 e. The number of aromatic nitrogens is 1. The van der Waals surface area contributed by atoms with Crippen LogP contribution in [0.4, 0.5) is 10.2 Å². The van der Waals surface area contributed by atoms with Crippen LogP contribution in [0.5, 0.6) is 0 Å². The molecule has 0 aliphatic heterocycles. The molecule has 1 heterocycles. The molecule has 0 spiro atoms. The van der Waals surface area contributed by atoms with Crippen LogP contribution in [0.25, 0.3) is 11.3 Å². The molecular weight excluding hydrogens is 342 g/mol. The van der Waals surface area contributed by atoms with Gasteiger partial charge in [0.2, 0.25) is 0 Å². The maximum absolute atomic E-state index is 13.8. The summed E-state index contributed by atoms with van der Waals surface area (Å²) in [5.74, 6) is 0.0624. The topological polar surface area (TPSA) is 24.9 Å². The average molecular weight is 350 g/mol. The Morgan fingerprint density at radius 1 is 1.22 bits per heavy atom. The molecule has 94 valence electrons. The summed E-state index contributed by atoms with van der Waals surface area (Å²) in [6.07, 6.45) is 0. The van der Waals surface area contributed by atoms with Crippen LogP contribution in [0.1, 0.15) is 0 Å². The van der Waals surface area contributed by atoms with E-state index in [1.807, 2.05) is 0 Å². The Hall–Kier alpha value is -0.840. The Balaban J connectivity index is 2.66. The summed E-state index contributed by atoms with van der Waals surface area (Å²) in [6.45, 7) is 0. The van der Waals surface area contributed by atoms with Crippen molar-refractivity contribution in [2.45, 2.75) is 0 Å². The first kappa shape index (κ1) is 13.6. The van der Waals surface area contributed by atoms with Gasteiger partial charge in [-0.2, -0.15) is 0 Å². The van der Waals surface area contributed by atoms with Crippen LogP contribution >= 0.6 is 39.1 Å². The molecule has 0 bridgehead atoms. The zero-order chi connectivity index (χ0) is 13.3. The van der Waals surface area contributed by atoms with E-state index in [9.17, 15) is 4.39 Å². The summed E-state index contributed by atoms with van der Waals surface area (Å²) < 4.78 is 14.5. The van der Waals surface area contributed by atoms with Gasteiger partial charge in [0, 0.05) is 17.1 Å². The minimum atomic E-state index is -0.392. The molecule has 0 radical (unpaired) electrons. The molecule has 0 aliphatic rings. The number of hydrogen-bond donors (Lipinski definition) is 1. The van der Waals surface area contributed by atoms with Crippen molar-refractivity contribution in [2.75, 3.05) is 12.4 Å². The number of anilines is 1. The number of nitrogens with zero attached hydrogens (tertiary/aromatic N) is 1. The lowest BCUT2D eigenvalue weighted by molar-refractivity contribution is 0.630. The number of nitrogens with one attached hydrogen (secondary N) is 1. The van der Waals surface area contributed by atoms with E-state index in [-0.39, 0.29) is 0 Å². The molecule has 1 aromatic carbocycles. The first-order valence-corrected chi connectivity index (χ1v) is 6.57. The van der Waals surface area contributed by atoms with E-state index < -0.39 is 5.82 Å². The largest absolute Gasteiger partial charge is 0.372 e. The molecule has 2 aromatic rings. The molecule has 0 fully saturated rings. The molecule has 1 aromatic heterocycles. The molecule has 0 aliphatic carbocycles. The highest BCUT2D eigenvalue weighted by Crippen LogP contribution is 2.34. The van der Waals surface area contributed by atoms with E-state index in [0.29, 0.717) is 27.1 Å². The first-order valence-electron chi connectivity index (χ1n) is 5.02. The number of rotatable bonds is 2. The Morgan fingerprint density at radius 2 is 1.94 bits per heavy atom. The minimum absolute atomic E-state index is 0.302. The van der Waals surface area contributed by atoms with E-state index in [1.165, 1.54) is 12.1 Å². The van der Waals surface area contributed by atoms with Crippen molar-refractivity contribution in [2.24, 2.45) is 0 Å². The fraction of sp³-hybridized carbons (Fsp3) is 0.0833. The normalized spacial score (nSPS) is 10.5. The van der Waals surface area contributed by atoms with Gasteiger partial charge in [-0.3, -0.25) is 0 Å². The highest BCUT2D eigenvalue weighted by atomic mass is 79.9. The molecule has 18 heavy (non-hydrogen) atoms. The quantitative estimate of drug-likeness (QED) is 0.825. The van der Waals surface area contributed by atoms with Crippen LogP contribution in [0, 0.1) is 5.82 Å².